The maximum atomic E-state index is 12.6. The molecule has 2 aliphatic rings. The third-order valence-electron chi connectivity index (χ3n) is 6.16. The zero-order valence-corrected chi connectivity index (χ0v) is 21.8. The number of anilines is 1. The van der Waals surface area contributed by atoms with Gasteiger partial charge in [0.15, 0.2) is 0 Å². The van der Waals surface area contributed by atoms with Gasteiger partial charge < -0.3 is 24.6 Å². The predicted molar refractivity (Wildman–Crippen MR) is 137 cm³/mol. The maximum Gasteiger partial charge on any atom is 0.410 e. The second kappa shape index (κ2) is 12.1. The molecule has 1 fully saturated rings. The molecule has 0 spiro atoms. The average molecular weight is 499 g/mol. The lowest BCUT2D eigenvalue weighted by atomic mass is 9.98. The van der Waals surface area contributed by atoms with E-state index in [0.29, 0.717) is 19.6 Å². The van der Waals surface area contributed by atoms with Gasteiger partial charge >= 0.3 is 12.1 Å². The minimum absolute atomic E-state index is 0.0382. The van der Waals surface area contributed by atoms with Crippen LogP contribution in [0.25, 0.3) is 0 Å². The van der Waals surface area contributed by atoms with Crippen molar-refractivity contribution < 1.29 is 23.9 Å². The highest BCUT2D eigenvalue weighted by Gasteiger charge is 2.27. The van der Waals surface area contributed by atoms with Crippen LogP contribution in [0.1, 0.15) is 45.2 Å². The van der Waals surface area contributed by atoms with Gasteiger partial charge in [-0.2, -0.15) is 0 Å². The van der Waals surface area contributed by atoms with Crippen LogP contribution in [0.15, 0.2) is 18.2 Å². The van der Waals surface area contributed by atoms with Gasteiger partial charge in [0.25, 0.3) is 0 Å². The van der Waals surface area contributed by atoms with E-state index >= 15 is 0 Å². The molecular weight excluding hydrogens is 460 g/mol. The van der Waals surface area contributed by atoms with Gasteiger partial charge in [-0.1, -0.05) is 12.0 Å². The zero-order chi connectivity index (χ0) is 26.3. The Morgan fingerprint density at radius 1 is 1.11 bits per heavy atom. The molecule has 0 bridgehead atoms. The molecule has 1 atom stereocenters. The second-order valence-corrected chi connectivity index (χ2v) is 10.2. The van der Waals surface area contributed by atoms with Gasteiger partial charge in [0, 0.05) is 45.0 Å². The Labute approximate surface area is 214 Å². The summed E-state index contributed by atoms with van der Waals surface area (Å²) < 4.78 is 10.4. The van der Waals surface area contributed by atoms with Gasteiger partial charge in [-0.15, -0.1) is 6.42 Å². The molecular formula is C27H38N4O5. The van der Waals surface area contributed by atoms with Gasteiger partial charge in [-0.05, 0) is 57.4 Å². The van der Waals surface area contributed by atoms with Crippen LogP contribution in [0.5, 0.6) is 0 Å². The summed E-state index contributed by atoms with van der Waals surface area (Å²) in [5.74, 6) is 1.82. The summed E-state index contributed by atoms with van der Waals surface area (Å²) in [5, 5.41) is 2.75. The summed E-state index contributed by atoms with van der Waals surface area (Å²) in [6.07, 6.45) is 6.03. The van der Waals surface area contributed by atoms with Crippen molar-refractivity contribution >= 4 is 23.7 Å². The largest absolute Gasteiger partial charge is 0.466 e. The fraction of sp³-hybridized carbons (Fsp3) is 0.593. The molecule has 2 amide bonds. The minimum Gasteiger partial charge on any atom is -0.466 e. The highest BCUT2D eigenvalue weighted by Crippen LogP contribution is 2.26. The number of benzene rings is 1. The lowest BCUT2D eigenvalue weighted by molar-refractivity contribution is -0.143. The number of nitrogens with one attached hydrogen (secondary N) is 1. The molecule has 3 rings (SSSR count). The summed E-state index contributed by atoms with van der Waals surface area (Å²) in [5.41, 5.74) is 3.09. The normalized spacial score (nSPS) is 17.0. The summed E-state index contributed by atoms with van der Waals surface area (Å²) in [6.45, 7) is 12.0. The monoisotopic (exact) mass is 498 g/mol. The number of hydrogen-bond donors (Lipinski definition) is 1. The summed E-state index contributed by atoms with van der Waals surface area (Å²) in [6, 6.07) is 5.81. The lowest BCUT2D eigenvalue weighted by Crippen LogP contribution is -2.50. The number of terminal acetylenes is 1. The van der Waals surface area contributed by atoms with E-state index < -0.39 is 17.6 Å². The van der Waals surface area contributed by atoms with Gasteiger partial charge in [-0.25, -0.2) is 4.79 Å². The Kier molecular flexibility index (Phi) is 9.21. The average Bonchev–Trinajstić information content (AvgIpc) is 2.82. The predicted octanol–water partition coefficient (Wildman–Crippen LogP) is 2.17. The molecule has 1 aromatic carbocycles. The number of hydrogen-bond acceptors (Lipinski definition) is 7. The molecule has 0 radical (unpaired) electrons. The van der Waals surface area contributed by atoms with Crippen molar-refractivity contribution in [2.45, 2.75) is 58.7 Å². The molecule has 2 heterocycles. The van der Waals surface area contributed by atoms with E-state index in [9.17, 15) is 14.4 Å². The minimum atomic E-state index is -0.681. The van der Waals surface area contributed by atoms with Crippen molar-refractivity contribution in [3.8, 4) is 12.3 Å². The highest BCUT2D eigenvalue weighted by molar-refractivity contribution is 5.80. The van der Waals surface area contributed by atoms with Gasteiger partial charge in [0.1, 0.15) is 11.6 Å². The van der Waals surface area contributed by atoms with Gasteiger partial charge in [0.05, 0.1) is 19.6 Å². The smallest absolute Gasteiger partial charge is 0.410 e. The standard InChI is InChI=1S/C27H38N4O5/c1-6-22(17-25(33)35-7-2)28-24(32)19-29-11-10-20-8-9-23(16-21(20)18-29)30-12-14-31(15-13-30)26(34)36-27(3,4)5/h1,8-9,16,22H,7,10-15,17-19H2,2-5H3,(H,28,32)/t22-/m1/s1. The molecule has 0 aromatic heterocycles. The molecule has 9 heteroatoms. The van der Waals surface area contributed by atoms with E-state index in [1.807, 2.05) is 20.8 Å². The summed E-state index contributed by atoms with van der Waals surface area (Å²) in [7, 11) is 0. The first-order valence-electron chi connectivity index (χ1n) is 12.6. The van der Waals surface area contributed by atoms with Crippen LogP contribution in [0.4, 0.5) is 10.5 Å². The number of esters is 1. The van der Waals surface area contributed by atoms with E-state index in [0.717, 1.165) is 31.7 Å². The van der Waals surface area contributed by atoms with E-state index in [2.05, 4.69) is 39.2 Å². The van der Waals surface area contributed by atoms with Crippen LogP contribution in [-0.2, 0) is 32.0 Å². The van der Waals surface area contributed by atoms with E-state index in [1.54, 1.807) is 11.8 Å². The number of carbonyl (C=O) groups excluding carboxylic acids is 3. The molecule has 0 unspecified atom stereocenters. The van der Waals surface area contributed by atoms with Crippen LogP contribution in [0, 0.1) is 12.3 Å². The van der Waals surface area contributed by atoms with E-state index in [4.69, 9.17) is 15.9 Å². The SMILES string of the molecule is C#C[C@H](CC(=O)OCC)NC(=O)CN1CCc2ccc(N3CCN(C(=O)OC(C)(C)C)CC3)cc2C1. The van der Waals surface area contributed by atoms with E-state index in [1.165, 1.54) is 11.1 Å². The van der Waals surface area contributed by atoms with Crippen molar-refractivity contribution in [2.24, 2.45) is 0 Å². The van der Waals surface area contributed by atoms with Crippen LogP contribution < -0.4 is 10.2 Å². The summed E-state index contributed by atoms with van der Waals surface area (Å²) in [4.78, 5) is 42.7. The molecule has 0 aliphatic carbocycles. The van der Waals surface area contributed by atoms with Crippen molar-refractivity contribution in [3.05, 3.63) is 29.3 Å². The lowest BCUT2D eigenvalue weighted by Gasteiger charge is -2.37. The quantitative estimate of drug-likeness (QED) is 0.455. The Morgan fingerprint density at radius 2 is 1.83 bits per heavy atom. The molecule has 1 saturated heterocycles. The number of carbonyl (C=O) groups is 3. The van der Waals surface area contributed by atoms with Crippen LogP contribution in [0.3, 0.4) is 0 Å². The Balaban J connectivity index is 1.53. The molecule has 0 saturated carbocycles. The number of rotatable bonds is 7. The third kappa shape index (κ3) is 7.89. The fourth-order valence-corrected chi connectivity index (χ4v) is 4.39. The number of amides is 2. The number of piperazine rings is 1. The Hall–Kier alpha value is -3.25. The van der Waals surface area contributed by atoms with Crippen LogP contribution in [0.2, 0.25) is 0 Å². The first-order chi connectivity index (χ1) is 17.1. The van der Waals surface area contributed by atoms with Gasteiger partial charge in [0.2, 0.25) is 5.91 Å². The highest BCUT2D eigenvalue weighted by atomic mass is 16.6. The maximum absolute atomic E-state index is 12.6. The molecule has 1 aromatic rings. The number of ether oxygens (including phenoxy) is 2. The first kappa shape index (κ1) is 27.3. The van der Waals surface area contributed by atoms with Crippen molar-refractivity contribution in [1.82, 2.24) is 15.1 Å². The zero-order valence-electron chi connectivity index (χ0n) is 21.8. The van der Waals surface area contributed by atoms with Gasteiger partial charge in [-0.3, -0.25) is 14.5 Å². The first-order valence-corrected chi connectivity index (χ1v) is 12.6. The molecule has 36 heavy (non-hydrogen) atoms. The molecule has 196 valence electrons. The third-order valence-corrected chi connectivity index (χ3v) is 6.16. The molecule has 9 nitrogen and oxygen atoms in total. The molecule has 1 N–H and O–H groups in total. The van der Waals surface area contributed by atoms with Crippen molar-refractivity contribution in [3.63, 3.8) is 0 Å². The van der Waals surface area contributed by atoms with Crippen LogP contribution >= 0.6 is 0 Å². The Morgan fingerprint density at radius 3 is 2.47 bits per heavy atom. The van der Waals surface area contributed by atoms with E-state index in [-0.39, 0.29) is 31.6 Å². The summed E-state index contributed by atoms with van der Waals surface area (Å²) >= 11 is 0. The van der Waals surface area contributed by atoms with Crippen molar-refractivity contribution in [2.75, 3.05) is 50.8 Å². The Bertz CT molecular complexity index is 989. The second-order valence-electron chi connectivity index (χ2n) is 10.2. The van der Waals surface area contributed by atoms with Crippen LogP contribution in [-0.4, -0.2) is 85.3 Å². The van der Waals surface area contributed by atoms with Crippen molar-refractivity contribution in [1.29, 1.82) is 0 Å². The fourth-order valence-electron chi connectivity index (χ4n) is 4.39. The number of fused-ring (bicyclic) bond motifs is 1. The number of nitrogens with zero attached hydrogens (tertiary/aromatic N) is 3. The topological polar surface area (TPSA) is 91.4 Å². The molecule has 2 aliphatic heterocycles.